The molecule has 6 heteroatoms. The third-order valence-corrected chi connectivity index (χ3v) is 5.56. The van der Waals surface area contributed by atoms with Gasteiger partial charge in [-0.3, -0.25) is 4.79 Å². The first kappa shape index (κ1) is 24.9. The van der Waals surface area contributed by atoms with E-state index in [0.29, 0.717) is 41.0 Å². The molecule has 0 heterocycles. The highest BCUT2D eigenvalue weighted by Gasteiger charge is 2.15. The number of benzene rings is 3. The van der Waals surface area contributed by atoms with Crippen LogP contribution in [0.25, 0.3) is 6.08 Å². The second kappa shape index (κ2) is 11.4. The van der Waals surface area contributed by atoms with Crippen LogP contribution in [0.5, 0.6) is 11.5 Å². The van der Waals surface area contributed by atoms with Gasteiger partial charge < -0.3 is 14.8 Å². The Bertz CT molecular complexity index is 1260. The molecular formula is C28H27ClN2O3. The number of anilines is 1. The van der Waals surface area contributed by atoms with Crippen molar-refractivity contribution in [2.24, 2.45) is 0 Å². The third kappa shape index (κ3) is 6.40. The largest absolute Gasteiger partial charge is 0.490 e. The van der Waals surface area contributed by atoms with Crippen molar-refractivity contribution in [1.29, 1.82) is 5.26 Å². The van der Waals surface area contributed by atoms with Crippen LogP contribution >= 0.6 is 11.6 Å². The second-order valence-electron chi connectivity index (χ2n) is 7.96. The van der Waals surface area contributed by atoms with E-state index >= 15 is 0 Å². The zero-order valence-electron chi connectivity index (χ0n) is 19.7. The fourth-order valence-corrected chi connectivity index (χ4v) is 3.52. The van der Waals surface area contributed by atoms with E-state index in [-0.39, 0.29) is 5.57 Å². The number of carbonyl (C=O) groups is 1. The number of amides is 1. The van der Waals surface area contributed by atoms with Crippen molar-refractivity contribution in [1.82, 2.24) is 0 Å². The Hall–Kier alpha value is -3.75. The first-order valence-corrected chi connectivity index (χ1v) is 11.3. The molecule has 0 aromatic heterocycles. The minimum Gasteiger partial charge on any atom is -0.490 e. The number of carbonyl (C=O) groups excluding carboxylic acids is 1. The second-order valence-corrected chi connectivity index (χ2v) is 8.37. The van der Waals surface area contributed by atoms with Gasteiger partial charge in [0.1, 0.15) is 18.2 Å². The van der Waals surface area contributed by atoms with E-state index in [0.717, 1.165) is 16.7 Å². The van der Waals surface area contributed by atoms with Crippen molar-refractivity contribution in [3.05, 3.63) is 93.0 Å². The van der Waals surface area contributed by atoms with Crippen molar-refractivity contribution >= 4 is 29.3 Å². The number of nitriles is 1. The monoisotopic (exact) mass is 474 g/mol. The van der Waals surface area contributed by atoms with Crippen LogP contribution in [0.2, 0.25) is 5.02 Å². The summed E-state index contributed by atoms with van der Waals surface area (Å²) in [7, 11) is 0. The lowest BCUT2D eigenvalue weighted by Crippen LogP contribution is -2.13. The molecule has 0 fully saturated rings. The summed E-state index contributed by atoms with van der Waals surface area (Å²) in [6, 6.07) is 18.9. The molecule has 0 saturated carbocycles. The van der Waals surface area contributed by atoms with Crippen LogP contribution in [0.15, 0.2) is 60.2 Å². The molecule has 3 aromatic rings. The molecule has 0 spiro atoms. The summed E-state index contributed by atoms with van der Waals surface area (Å²) in [6.07, 6.45) is 1.48. The Morgan fingerprint density at radius 2 is 1.76 bits per heavy atom. The van der Waals surface area contributed by atoms with E-state index in [1.807, 2.05) is 70.2 Å². The number of hydrogen-bond acceptors (Lipinski definition) is 4. The first-order chi connectivity index (χ1) is 16.3. The van der Waals surface area contributed by atoms with E-state index in [2.05, 4.69) is 5.32 Å². The molecule has 174 valence electrons. The molecule has 0 aliphatic heterocycles. The van der Waals surface area contributed by atoms with E-state index in [4.69, 9.17) is 21.1 Å². The summed E-state index contributed by atoms with van der Waals surface area (Å²) in [5.41, 5.74) is 5.48. The van der Waals surface area contributed by atoms with Gasteiger partial charge in [-0.2, -0.15) is 5.26 Å². The van der Waals surface area contributed by atoms with Crippen LogP contribution in [-0.4, -0.2) is 12.5 Å². The molecule has 3 rings (SSSR count). The Balaban J connectivity index is 1.84. The van der Waals surface area contributed by atoms with E-state index in [9.17, 15) is 10.1 Å². The van der Waals surface area contributed by atoms with Gasteiger partial charge in [-0.05, 0) is 80.3 Å². The molecule has 1 N–H and O–H groups in total. The number of nitrogens with zero attached hydrogens (tertiary/aromatic N) is 1. The highest BCUT2D eigenvalue weighted by molar-refractivity contribution is 6.32. The van der Waals surface area contributed by atoms with Crippen LogP contribution in [-0.2, 0) is 11.4 Å². The molecule has 5 nitrogen and oxygen atoms in total. The van der Waals surface area contributed by atoms with Gasteiger partial charge in [-0.25, -0.2) is 0 Å². The Morgan fingerprint density at radius 1 is 1.03 bits per heavy atom. The average molecular weight is 475 g/mol. The van der Waals surface area contributed by atoms with Crippen LogP contribution < -0.4 is 14.8 Å². The summed E-state index contributed by atoms with van der Waals surface area (Å²) < 4.78 is 11.7. The fraction of sp³-hybridized carbons (Fsp3) is 0.214. The zero-order chi connectivity index (χ0) is 24.7. The smallest absolute Gasteiger partial charge is 0.266 e. The summed E-state index contributed by atoms with van der Waals surface area (Å²) in [6.45, 7) is 8.58. The van der Waals surface area contributed by atoms with Crippen molar-refractivity contribution in [2.75, 3.05) is 11.9 Å². The molecule has 0 saturated heterocycles. The minimum absolute atomic E-state index is 0.0509. The van der Waals surface area contributed by atoms with Crippen LogP contribution in [0.1, 0.15) is 34.7 Å². The maximum Gasteiger partial charge on any atom is 0.266 e. The van der Waals surface area contributed by atoms with Gasteiger partial charge in [0.05, 0.1) is 11.6 Å². The van der Waals surface area contributed by atoms with Crippen molar-refractivity contribution in [3.63, 3.8) is 0 Å². The summed E-state index contributed by atoms with van der Waals surface area (Å²) in [5.74, 6) is 0.360. The standard InChI is InChI=1S/C28H27ClN2O3/c1-5-33-26-15-22(14-25(29)27(26)34-17-21-9-6-18(2)7-10-21)13-23(16-30)28(32)31-24-11-8-19(3)20(4)12-24/h6-15H,5,17H2,1-4H3,(H,31,32)/b23-13+. The van der Waals surface area contributed by atoms with Crippen LogP contribution in [0, 0.1) is 32.1 Å². The molecule has 0 atom stereocenters. The molecule has 0 aliphatic rings. The highest BCUT2D eigenvalue weighted by Crippen LogP contribution is 2.38. The van der Waals surface area contributed by atoms with Gasteiger partial charge in [0.15, 0.2) is 11.5 Å². The van der Waals surface area contributed by atoms with E-state index in [1.165, 1.54) is 11.6 Å². The first-order valence-electron chi connectivity index (χ1n) is 11.0. The van der Waals surface area contributed by atoms with Gasteiger partial charge in [-0.15, -0.1) is 0 Å². The predicted octanol–water partition coefficient (Wildman–Crippen LogP) is 6.79. The molecule has 0 bridgehead atoms. The number of aryl methyl sites for hydroxylation is 3. The highest BCUT2D eigenvalue weighted by atomic mass is 35.5. The van der Waals surface area contributed by atoms with Gasteiger partial charge in [0.25, 0.3) is 5.91 Å². The lowest BCUT2D eigenvalue weighted by molar-refractivity contribution is -0.112. The number of hydrogen-bond donors (Lipinski definition) is 1. The predicted molar refractivity (Wildman–Crippen MR) is 136 cm³/mol. The molecule has 34 heavy (non-hydrogen) atoms. The molecular weight excluding hydrogens is 448 g/mol. The lowest BCUT2D eigenvalue weighted by Gasteiger charge is -2.15. The van der Waals surface area contributed by atoms with Crippen LogP contribution in [0.3, 0.4) is 0 Å². The Morgan fingerprint density at radius 3 is 2.41 bits per heavy atom. The third-order valence-electron chi connectivity index (χ3n) is 5.28. The number of rotatable bonds is 8. The van der Waals surface area contributed by atoms with Gasteiger partial charge >= 0.3 is 0 Å². The summed E-state index contributed by atoms with van der Waals surface area (Å²) in [4.78, 5) is 12.7. The molecule has 0 radical (unpaired) electrons. The van der Waals surface area contributed by atoms with Crippen molar-refractivity contribution in [3.8, 4) is 17.6 Å². The van der Waals surface area contributed by atoms with Crippen molar-refractivity contribution in [2.45, 2.75) is 34.3 Å². The average Bonchev–Trinajstić information content (AvgIpc) is 2.80. The number of ether oxygens (including phenoxy) is 2. The van der Waals surface area contributed by atoms with E-state index in [1.54, 1.807) is 18.2 Å². The quantitative estimate of drug-likeness (QED) is 0.288. The number of nitrogens with one attached hydrogen (secondary N) is 1. The Labute approximate surface area is 205 Å². The van der Waals surface area contributed by atoms with Gasteiger partial charge in [0, 0.05) is 5.69 Å². The minimum atomic E-state index is -0.500. The molecule has 1 amide bonds. The SMILES string of the molecule is CCOc1cc(/C=C(\C#N)C(=O)Nc2ccc(C)c(C)c2)cc(Cl)c1OCc1ccc(C)cc1. The van der Waals surface area contributed by atoms with Gasteiger partial charge in [-0.1, -0.05) is 47.5 Å². The molecule has 0 unspecified atom stereocenters. The normalized spacial score (nSPS) is 11.0. The van der Waals surface area contributed by atoms with E-state index < -0.39 is 5.91 Å². The Kier molecular flexibility index (Phi) is 8.34. The summed E-state index contributed by atoms with van der Waals surface area (Å²) >= 11 is 6.51. The maximum atomic E-state index is 12.7. The number of halogens is 1. The zero-order valence-corrected chi connectivity index (χ0v) is 20.5. The van der Waals surface area contributed by atoms with Crippen molar-refractivity contribution < 1.29 is 14.3 Å². The molecule has 3 aromatic carbocycles. The van der Waals surface area contributed by atoms with Gasteiger partial charge in [0.2, 0.25) is 0 Å². The maximum absolute atomic E-state index is 12.7. The molecule has 0 aliphatic carbocycles. The summed E-state index contributed by atoms with van der Waals surface area (Å²) in [5, 5.41) is 12.7. The fourth-order valence-electron chi connectivity index (χ4n) is 3.25. The van der Waals surface area contributed by atoms with Crippen LogP contribution in [0.4, 0.5) is 5.69 Å². The topological polar surface area (TPSA) is 71.3 Å². The lowest BCUT2D eigenvalue weighted by atomic mass is 10.1.